The van der Waals surface area contributed by atoms with Crippen molar-refractivity contribution >= 4 is 51.2 Å². The second-order valence-electron chi connectivity index (χ2n) is 6.44. The number of amides is 1. The van der Waals surface area contributed by atoms with Gasteiger partial charge in [0.2, 0.25) is 0 Å². The highest BCUT2D eigenvalue weighted by atomic mass is 35.5. The number of fused-ring (bicyclic) bond motifs is 1. The minimum atomic E-state index is 0. The summed E-state index contributed by atoms with van der Waals surface area (Å²) in [6, 6.07) is 12.1. The second kappa shape index (κ2) is 8.48. The number of piperidine rings is 1. The second-order valence-corrected chi connectivity index (χ2v) is 8.56. The molecule has 1 aliphatic rings. The Bertz CT molecular complexity index is 851. The van der Waals surface area contributed by atoms with E-state index >= 15 is 0 Å². The van der Waals surface area contributed by atoms with Gasteiger partial charge in [-0.25, -0.2) is 4.98 Å². The molecule has 2 aromatic heterocycles. The Morgan fingerprint density at radius 2 is 1.96 bits per heavy atom. The van der Waals surface area contributed by atoms with Crippen molar-refractivity contribution in [2.75, 3.05) is 26.7 Å². The Morgan fingerprint density at radius 3 is 2.69 bits per heavy atom. The number of para-hydroxylation sites is 1. The molecule has 4 nitrogen and oxygen atoms in total. The lowest BCUT2D eigenvalue weighted by Gasteiger charge is -2.31. The van der Waals surface area contributed by atoms with E-state index in [4.69, 9.17) is 4.98 Å². The molecule has 7 heteroatoms. The predicted octanol–water partition coefficient (Wildman–Crippen LogP) is 4.52. The van der Waals surface area contributed by atoms with E-state index in [0.717, 1.165) is 52.8 Å². The molecule has 0 bridgehead atoms. The number of carbonyl (C=O) groups excluding carboxylic acids is 1. The van der Waals surface area contributed by atoms with E-state index < -0.39 is 0 Å². The summed E-state index contributed by atoms with van der Waals surface area (Å²) in [5, 5.41) is 4.24. The first kappa shape index (κ1) is 19.3. The van der Waals surface area contributed by atoms with Gasteiger partial charge in [-0.05, 0) is 56.6 Å². The molecule has 26 heavy (non-hydrogen) atoms. The van der Waals surface area contributed by atoms with E-state index in [-0.39, 0.29) is 18.3 Å². The zero-order valence-corrected chi connectivity index (χ0v) is 17.1. The van der Waals surface area contributed by atoms with Crippen molar-refractivity contribution in [1.29, 1.82) is 0 Å². The molecule has 1 aliphatic heterocycles. The maximum atomic E-state index is 12.8. The smallest absolute Gasteiger partial charge is 0.263 e. The monoisotopic (exact) mass is 407 g/mol. The highest BCUT2D eigenvalue weighted by Crippen LogP contribution is 2.35. The summed E-state index contributed by atoms with van der Waals surface area (Å²) < 4.78 is 1.19. The van der Waals surface area contributed by atoms with Gasteiger partial charge in [-0.1, -0.05) is 12.1 Å². The van der Waals surface area contributed by atoms with Crippen molar-refractivity contribution in [3.05, 3.63) is 41.3 Å². The Balaban J connectivity index is 0.00000196. The van der Waals surface area contributed by atoms with Crippen molar-refractivity contribution in [2.24, 2.45) is 5.92 Å². The third-order valence-electron chi connectivity index (χ3n) is 4.72. The van der Waals surface area contributed by atoms with Crippen LogP contribution in [0.4, 0.5) is 0 Å². The first-order valence-electron chi connectivity index (χ1n) is 8.64. The zero-order chi connectivity index (χ0) is 17.2. The highest BCUT2D eigenvalue weighted by molar-refractivity contribution is 7.26. The number of aromatic nitrogens is 1. The summed E-state index contributed by atoms with van der Waals surface area (Å²) in [5.41, 5.74) is 1.02. The lowest BCUT2D eigenvalue weighted by atomic mass is 9.97. The van der Waals surface area contributed by atoms with E-state index in [9.17, 15) is 4.79 Å². The van der Waals surface area contributed by atoms with Gasteiger partial charge in [0.05, 0.1) is 20.0 Å². The fraction of sp³-hybridized carbons (Fsp3) is 0.368. The number of thiazole rings is 1. The van der Waals surface area contributed by atoms with E-state index in [1.54, 1.807) is 22.7 Å². The van der Waals surface area contributed by atoms with Crippen LogP contribution in [0.2, 0.25) is 0 Å². The molecule has 0 spiro atoms. The molecule has 1 fully saturated rings. The summed E-state index contributed by atoms with van der Waals surface area (Å²) in [5.74, 6) is 0.857. The van der Waals surface area contributed by atoms with E-state index in [1.807, 2.05) is 42.3 Å². The first-order valence-corrected chi connectivity index (χ1v) is 10.3. The number of halogens is 1. The number of hydrogen-bond acceptors (Lipinski definition) is 5. The molecule has 3 aromatic rings. The number of nitrogens with zero attached hydrogens (tertiary/aromatic N) is 2. The summed E-state index contributed by atoms with van der Waals surface area (Å²) in [6.07, 6.45) is 2.17. The van der Waals surface area contributed by atoms with Crippen LogP contribution >= 0.6 is 35.1 Å². The number of rotatable bonds is 4. The number of nitrogens with one attached hydrogen (secondary N) is 1. The molecular formula is C19H22ClN3OS2. The van der Waals surface area contributed by atoms with Crippen molar-refractivity contribution in [2.45, 2.75) is 12.8 Å². The number of carbonyl (C=O) groups is 1. The number of hydrogen-bond donors (Lipinski definition) is 1. The Morgan fingerprint density at radius 1 is 1.19 bits per heavy atom. The zero-order valence-electron chi connectivity index (χ0n) is 14.6. The lowest BCUT2D eigenvalue weighted by Crippen LogP contribution is -2.40. The number of benzene rings is 1. The number of thiophene rings is 1. The van der Waals surface area contributed by atoms with Gasteiger partial charge in [0.15, 0.2) is 0 Å². The Labute approximate surface area is 167 Å². The third-order valence-corrected chi connectivity index (χ3v) is 6.99. The van der Waals surface area contributed by atoms with Crippen molar-refractivity contribution in [3.63, 3.8) is 0 Å². The molecule has 0 saturated carbocycles. The van der Waals surface area contributed by atoms with E-state index in [0.29, 0.717) is 5.92 Å². The largest absolute Gasteiger partial charge is 0.338 e. The molecule has 0 radical (unpaired) electrons. The van der Waals surface area contributed by atoms with Gasteiger partial charge in [-0.15, -0.1) is 35.1 Å². The van der Waals surface area contributed by atoms with Gasteiger partial charge in [0.1, 0.15) is 5.01 Å². The molecular weight excluding hydrogens is 386 g/mol. The molecule has 4 rings (SSSR count). The molecule has 0 aliphatic carbocycles. The van der Waals surface area contributed by atoms with Crippen LogP contribution in [0.3, 0.4) is 0 Å². The molecule has 0 unspecified atom stereocenters. The molecule has 1 aromatic carbocycles. The lowest BCUT2D eigenvalue weighted by molar-refractivity contribution is 0.0696. The Kier molecular flexibility index (Phi) is 6.29. The summed E-state index contributed by atoms with van der Waals surface area (Å²) in [6.45, 7) is 2.77. The maximum absolute atomic E-state index is 12.8. The minimum Gasteiger partial charge on any atom is -0.338 e. The highest BCUT2D eigenvalue weighted by Gasteiger charge is 2.24. The van der Waals surface area contributed by atoms with E-state index in [2.05, 4.69) is 11.4 Å². The van der Waals surface area contributed by atoms with Crippen molar-refractivity contribution < 1.29 is 4.79 Å². The fourth-order valence-corrected chi connectivity index (χ4v) is 5.32. The van der Waals surface area contributed by atoms with Gasteiger partial charge in [-0.2, -0.15) is 0 Å². The van der Waals surface area contributed by atoms with Crippen LogP contribution in [0.1, 0.15) is 22.5 Å². The quantitative estimate of drug-likeness (QED) is 0.691. The van der Waals surface area contributed by atoms with Crippen LogP contribution in [0, 0.1) is 5.92 Å². The summed E-state index contributed by atoms with van der Waals surface area (Å²) >= 11 is 3.24. The SMILES string of the molecule is CNCC1CCN(C(=O)c2ccc(-c3nc4ccccc4s3)s2)CC1.Cl. The van der Waals surface area contributed by atoms with Gasteiger partial charge < -0.3 is 10.2 Å². The normalized spacial score (nSPS) is 15.2. The fourth-order valence-electron chi connectivity index (χ4n) is 3.33. The minimum absolute atomic E-state index is 0. The maximum Gasteiger partial charge on any atom is 0.263 e. The molecule has 0 atom stereocenters. The van der Waals surface area contributed by atoms with Gasteiger partial charge in [-0.3, -0.25) is 4.79 Å². The molecule has 1 N–H and O–H groups in total. The first-order chi connectivity index (χ1) is 12.2. The molecule has 1 saturated heterocycles. The van der Waals surface area contributed by atoms with Gasteiger partial charge >= 0.3 is 0 Å². The third kappa shape index (κ3) is 3.93. The summed E-state index contributed by atoms with van der Waals surface area (Å²) in [7, 11) is 1.99. The standard InChI is InChI=1S/C19H21N3OS2.ClH/c1-20-12-13-8-10-22(11-9-13)19(23)17-7-6-16(24-17)18-21-14-4-2-3-5-15(14)25-18;/h2-7,13,20H,8-12H2,1H3;1H. The van der Waals surface area contributed by atoms with Gasteiger partial charge in [0.25, 0.3) is 5.91 Å². The van der Waals surface area contributed by atoms with Crippen LogP contribution in [-0.2, 0) is 0 Å². The topological polar surface area (TPSA) is 45.2 Å². The van der Waals surface area contributed by atoms with Crippen LogP contribution in [0.15, 0.2) is 36.4 Å². The Hall–Kier alpha value is -1.47. The van der Waals surface area contributed by atoms with Gasteiger partial charge in [0, 0.05) is 13.1 Å². The van der Waals surface area contributed by atoms with Crippen molar-refractivity contribution in [3.8, 4) is 9.88 Å². The average Bonchev–Trinajstić information content (AvgIpc) is 3.29. The molecule has 138 valence electrons. The van der Waals surface area contributed by atoms with Crippen molar-refractivity contribution in [1.82, 2.24) is 15.2 Å². The summed E-state index contributed by atoms with van der Waals surface area (Å²) in [4.78, 5) is 21.4. The van der Waals surface area contributed by atoms with Crippen LogP contribution in [0.5, 0.6) is 0 Å². The number of likely N-dealkylation sites (tertiary alicyclic amines) is 1. The predicted molar refractivity (Wildman–Crippen MR) is 113 cm³/mol. The van der Waals surface area contributed by atoms with Crippen LogP contribution in [0.25, 0.3) is 20.1 Å². The average molecular weight is 408 g/mol. The van der Waals surface area contributed by atoms with Crippen LogP contribution < -0.4 is 5.32 Å². The molecule has 3 heterocycles. The van der Waals surface area contributed by atoms with E-state index in [1.165, 1.54) is 4.70 Å². The molecule has 1 amide bonds. The van der Waals surface area contributed by atoms with Crippen LogP contribution in [-0.4, -0.2) is 42.5 Å².